The van der Waals surface area contributed by atoms with Gasteiger partial charge in [0, 0.05) is 32.2 Å². The van der Waals surface area contributed by atoms with E-state index in [1.807, 2.05) is 54.6 Å². The molecule has 3 aliphatic rings. The third kappa shape index (κ3) is 3.28. The molecule has 0 aliphatic carbocycles. The lowest BCUT2D eigenvalue weighted by Gasteiger charge is -2.29. The third-order valence-corrected chi connectivity index (χ3v) is 5.40. The molecule has 6 heteroatoms. The second kappa shape index (κ2) is 7.04. The first-order chi connectivity index (χ1) is 13.4. The molecule has 1 aromatic heterocycles. The van der Waals surface area contributed by atoms with Crippen molar-refractivity contribution in [3.05, 3.63) is 54.6 Å². The van der Waals surface area contributed by atoms with Crippen molar-refractivity contribution in [1.82, 2.24) is 15.1 Å². The van der Waals surface area contributed by atoms with Crippen LogP contribution in [0.3, 0.4) is 0 Å². The first-order valence-electron chi connectivity index (χ1n) is 9.51. The number of anilines is 1. The summed E-state index contributed by atoms with van der Waals surface area (Å²) in [6, 6.07) is 18.6. The summed E-state index contributed by atoms with van der Waals surface area (Å²) in [5.41, 5.74) is 0.808. The van der Waals surface area contributed by atoms with Gasteiger partial charge in [-0.3, -0.25) is 0 Å². The number of piperidine rings is 1. The molecule has 3 aliphatic heterocycles. The minimum Gasteiger partial charge on any atom is -0.457 e. The van der Waals surface area contributed by atoms with Gasteiger partial charge in [-0.1, -0.05) is 35.4 Å². The predicted molar refractivity (Wildman–Crippen MR) is 103 cm³/mol. The van der Waals surface area contributed by atoms with Crippen molar-refractivity contribution >= 4 is 6.01 Å². The van der Waals surface area contributed by atoms with Gasteiger partial charge in [0.1, 0.15) is 11.5 Å². The van der Waals surface area contributed by atoms with Crippen molar-refractivity contribution in [2.24, 2.45) is 0 Å². The van der Waals surface area contributed by atoms with Gasteiger partial charge in [-0.2, -0.15) is 0 Å². The summed E-state index contributed by atoms with van der Waals surface area (Å²) in [5.74, 6) is 1.99. The first-order valence-corrected chi connectivity index (χ1v) is 9.51. The average Bonchev–Trinajstić information content (AvgIpc) is 3.01. The van der Waals surface area contributed by atoms with Crippen LogP contribution in [0.4, 0.5) is 6.01 Å². The number of hydrogen-bond donors (Lipinski definition) is 0. The van der Waals surface area contributed by atoms with Crippen LogP contribution in [0.25, 0.3) is 11.5 Å². The van der Waals surface area contributed by atoms with E-state index in [1.54, 1.807) is 0 Å². The Morgan fingerprint density at radius 2 is 1.63 bits per heavy atom. The van der Waals surface area contributed by atoms with E-state index < -0.39 is 0 Å². The second-order valence-electron chi connectivity index (χ2n) is 7.07. The van der Waals surface area contributed by atoms with E-state index in [4.69, 9.17) is 9.15 Å². The minimum absolute atomic E-state index is 0.493. The largest absolute Gasteiger partial charge is 0.457 e. The number of para-hydroxylation sites is 2. The first kappa shape index (κ1) is 16.3. The number of benzene rings is 2. The van der Waals surface area contributed by atoms with Crippen LogP contribution < -0.4 is 9.64 Å². The molecule has 0 saturated carbocycles. The monoisotopic (exact) mass is 362 g/mol. The molecule has 2 bridgehead atoms. The molecule has 2 aromatic carbocycles. The SMILES string of the molecule is c1ccc(Oc2ccccc2-c2nnc(N3CCN4CCC3CC4)o2)cc1. The highest BCUT2D eigenvalue weighted by Crippen LogP contribution is 2.34. The highest BCUT2D eigenvalue weighted by molar-refractivity contribution is 5.63. The topological polar surface area (TPSA) is 54.6 Å². The van der Waals surface area contributed by atoms with Crippen LogP contribution >= 0.6 is 0 Å². The van der Waals surface area contributed by atoms with E-state index in [2.05, 4.69) is 20.0 Å². The van der Waals surface area contributed by atoms with Gasteiger partial charge in [-0.25, -0.2) is 0 Å². The smallest absolute Gasteiger partial charge is 0.318 e. The fourth-order valence-corrected chi connectivity index (χ4v) is 3.93. The zero-order valence-corrected chi connectivity index (χ0v) is 15.1. The lowest BCUT2D eigenvalue weighted by atomic mass is 10.1. The summed E-state index contributed by atoms with van der Waals surface area (Å²) in [6.07, 6.45) is 2.32. The van der Waals surface area contributed by atoms with Crippen LogP contribution in [-0.2, 0) is 0 Å². The molecular weight excluding hydrogens is 340 g/mol. The number of rotatable bonds is 4. The normalized spacial score (nSPS) is 21.9. The van der Waals surface area contributed by atoms with E-state index in [-0.39, 0.29) is 0 Å². The van der Waals surface area contributed by atoms with E-state index >= 15 is 0 Å². The van der Waals surface area contributed by atoms with Crippen LogP contribution in [0.2, 0.25) is 0 Å². The molecule has 0 unspecified atom stereocenters. The predicted octanol–water partition coefficient (Wildman–Crippen LogP) is 3.81. The molecule has 3 fully saturated rings. The van der Waals surface area contributed by atoms with Gasteiger partial charge in [0.05, 0.1) is 5.56 Å². The second-order valence-corrected chi connectivity index (χ2v) is 7.07. The lowest BCUT2D eigenvalue weighted by molar-refractivity contribution is 0.249. The molecule has 0 atom stereocenters. The molecule has 0 spiro atoms. The summed E-state index contributed by atoms with van der Waals surface area (Å²) >= 11 is 0. The van der Waals surface area contributed by atoms with Gasteiger partial charge >= 0.3 is 6.01 Å². The molecule has 0 radical (unpaired) electrons. The molecule has 0 amide bonds. The van der Waals surface area contributed by atoms with E-state index in [0.717, 1.165) is 50.3 Å². The minimum atomic E-state index is 0.493. The maximum Gasteiger partial charge on any atom is 0.318 e. The molecule has 27 heavy (non-hydrogen) atoms. The molecule has 3 saturated heterocycles. The van der Waals surface area contributed by atoms with Crippen LogP contribution in [0.1, 0.15) is 12.8 Å². The molecule has 6 nitrogen and oxygen atoms in total. The van der Waals surface area contributed by atoms with Crippen molar-refractivity contribution in [3.63, 3.8) is 0 Å². The molecule has 6 rings (SSSR count). The summed E-state index contributed by atoms with van der Waals surface area (Å²) in [7, 11) is 0. The van der Waals surface area contributed by atoms with Crippen LogP contribution in [0.5, 0.6) is 11.5 Å². The zero-order chi connectivity index (χ0) is 18.1. The fraction of sp³-hybridized carbons (Fsp3) is 0.333. The van der Waals surface area contributed by atoms with Crippen molar-refractivity contribution < 1.29 is 9.15 Å². The van der Waals surface area contributed by atoms with Crippen LogP contribution in [0, 0.1) is 0 Å². The quantitative estimate of drug-likeness (QED) is 0.703. The van der Waals surface area contributed by atoms with E-state index in [0.29, 0.717) is 23.7 Å². The standard InChI is InChI=1S/C21H22N4O2/c1-2-6-17(7-3-1)26-19-9-5-4-8-18(19)20-22-23-21(27-20)25-15-14-24-12-10-16(25)11-13-24/h1-9,16H,10-15H2. The Bertz CT molecular complexity index is 903. The van der Waals surface area contributed by atoms with Crippen molar-refractivity contribution in [2.45, 2.75) is 18.9 Å². The molecule has 0 N–H and O–H groups in total. The van der Waals surface area contributed by atoms with Gasteiger partial charge < -0.3 is 19.0 Å². The highest BCUT2D eigenvalue weighted by atomic mass is 16.5. The number of hydrogen-bond acceptors (Lipinski definition) is 6. The van der Waals surface area contributed by atoms with Crippen LogP contribution in [0.15, 0.2) is 59.0 Å². The Labute approximate surface area is 158 Å². The summed E-state index contributed by atoms with van der Waals surface area (Å²) in [6.45, 7) is 4.32. The van der Waals surface area contributed by atoms with Gasteiger partial charge in [0.2, 0.25) is 0 Å². The number of nitrogens with zero attached hydrogens (tertiary/aromatic N) is 4. The summed E-state index contributed by atoms with van der Waals surface area (Å²) < 4.78 is 12.1. The maximum absolute atomic E-state index is 6.10. The highest BCUT2D eigenvalue weighted by Gasteiger charge is 2.32. The van der Waals surface area contributed by atoms with Crippen LogP contribution in [-0.4, -0.2) is 47.3 Å². The number of fused-ring (bicyclic) bond motifs is 4. The maximum atomic E-state index is 6.10. The average molecular weight is 362 g/mol. The Kier molecular flexibility index (Phi) is 4.26. The summed E-state index contributed by atoms with van der Waals surface area (Å²) in [4.78, 5) is 4.79. The zero-order valence-electron chi connectivity index (χ0n) is 15.1. The Balaban J connectivity index is 1.43. The van der Waals surface area contributed by atoms with Gasteiger partial charge in [-0.05, 0) is 37.1 Å². The van der Waals surface area contributed by atoms with Gasteiger partial charge in [0.15, 0.2) is 0 Å². The third-order valence-electron chi connectivity index (χ3n) is 5.40. The Morgan fingerprint density at radius 3 is 2.48 bits per heavy atom. The van der Waals surface area contributed by atoms with E-state index in [1.165, 1.54) is 0 Å². The number of ether oxygens (including phenoxy) is 1. The van der Waals surface area contributed by atoms with Crippen molar-refractivity contribution in [2.75, 3.05) is 31.1 Å². The Morgan fingerprint density at radius 1 is 0.852 bits per heavy atom. The lowest BCUT2D eigenvalue weighted by Crippen LogP contribution is -2.38. The molecule has 138 valence electrons. The van der Waals surface area contributed by atoms with E-state index in [9.17, 15) is 0 Å². The van der Waals surface area contributed by atoms with Crippen molar-refractivity contribution in [3.8, 4) is 23.0 Å². The fourth-order valence-electron chi connectivity index (χ4n) is 3.93. The molecular formula is C21H22N4O2. The summed E-state index contributed by atoms with van der Waals surface area (Å²) in [5, 5.41) is 8.68. The molecule has 3 aromatic rings. The van der Waals surface area contributed by atoms with Gasteiger partial charge in [-0.15, -0.1) is 5.10 Å². The Hall–Kier alpha value is -2.86. The van der Waals surface area contributed by atoms with Crippen molar-refractivity contribution in [1.29, 1.82) is 0 Å². The number of aromatic nitrogens is 2. The molecule has 4 heterocycles. The van der Waals surface area contributed by atoms with Gasteiger partial charge in [0.25, 0.3) is 5.89 Å².